The molecule has 6 heteroatoms. The molecule has 2 fully saturated rings. The Morgan fingerprint density at radius 2 is 1.63 bits per heavy atom. The number of piperazine rings is 1. The van der Waals surface area contributed by atoms with Crippen molar-refractivity contribution in [1.29, 1.82) is 0 Å². The van der Waals surface area contributed by atoms with Crippen LogP contribution in [-0.2, 0) is 9.59 Å². The van der Waals surface area contributed by atoms with Crippen molar-refractivity contribution in [3.63, 3.8) is 0 Å². The number of carbonyl (C=O) groups is 2. The third-order valence-corrected chi connectivity index (χ3v) is 5.35. The first-order valence-corrected chi connectivity index (χ1v) is 9.24. The first kappa shape index (κ1) is 17.5. The topological polar surface area (TPSA) is 64.1 Å². The molecule has 6 nitrogen and oxygen atoms in total. The molecule has 27 heavy (non-hydrogen) atoms. The van der Waals surface area contributed by atoms with Gasteiger partial charge in [-0.05, 0) is 48.9 Å². The molecule has 140 valence electrons. The van der Waals surface area contributed by atoms with Crippen LogP contribution in [0.25, 0.3) is 0 Å². The van der Waals surface area contributed by atoms with Crippen LogP contribution in [0, 0.1) is 6.92 Å². The van der Waals surface area contributed by atoms with Gasteiger partial charge < -0.3 is 10.0 Å². The lowest BCUT2D eigenvalue weighted by molar-refractivity contribution is -0.123. The summed E-state index contributed by atoms with van der Waals surface area (Å²) in [5.41, 5.74) is 2.75. The second kappa shape index (κ2) is 7.04. The molecule has 2 aliphatic heterocycles. The lowest BCUT2D eigenvalue weighted by atomic mass is 10.1. The van der Waals surface area contributed by atoms with Gasteiger partial charge in [-0.15, -0.1) is 0 Å². The zero-order chi connectivity index (χ0) is 19.0. The molecule has 2 amide bonds. The number of phenolic OH excluding ortho intramolecular Hbond substituents is 1. The number of anilines is 2. The largest absolute Gasteiger partial charge is 0.508 e. The van der Waals surface area contributed by atoms with Crippen LogP contribution in [0.1, 0.15) is 12.0 Å². The highest BCUT2D eigenvalue weighted by molar-refractivity contribution is 6.22. The van der Waals surface area contributed by atoms with E-state index in [-0.39, 0.29) is 30.0 Å². The third-order valence-electron chi connectivity index (χ3n) is 5.35. The van der Waals surface area contributed by atoms with Crippen LogP contribution < -0.4 is 9.80 Å². The Bertz CT molecular complexity index is 857. The maximum Gasteiger partial charge on any atom is 0.251 e. The minimum absolute atomic E-state index is 0.122. The molecule has 0 radical (unpaired) electrons. The van der Waals surface area contributed by atoms with E-state index in [0.29, 0.717) is 5.69 Å². The molecule has 0 spiro atoms. The van der Waals surface area contributed by atoms with E-state index >= 15 is 0 Å². The zero-order valence-electron chi connectivity index (χ0n) is 15.3. The van der Waals surface area contributed by atoms with Crippen molar-refractivity contribution in [3.05, 3.63) is 54.1 Å². The quantitative estimate of drug-likeness (QED) is 0.845. The number of imide groups is 1. The number of aryl methyl sites for hydroxylation is 1. The van der Waals surface area contributed by atoms with Gasteiger partial charge in [0.2, 0.25) is 5.91 Å². The molecule has 0 aromatic heterocycles. The molecule has 2 aromatic carbocycles. The van der Waals surface area contributed by atoms with E-state index in [0.717, 1.165) is 37.4 Å². The summed E-state index contributed by atoms with van der Waals surface area (Å²) < 4.78 is 0. The van der Waals surface area contributed by atoms with Crippen molar-refractivity contribution in [1.82, 2.24) is 4.90 Å². The predicted octanol–water partition coefficient (Wildman–Crippen LogP) is 2.15. The van der Waals surface area contributed by atoms with Gasteiger partial charge in [0.1, 0.15) is 5.75 Å². The number of phenols is 1. The van der Waals surface area contributed by atoms with E-state index in [9.17, 15) is 14.7 Å². The number of hydrogen-bond acceptors (Lipinski definition) is 5. The summed E-state index contributed by atoms with van der Waals surface area (Å²) in [6.45, 7) is 4.98. The van der Waals surface area contributed by atoms with Gasteiger partial charge in [-0.3, -0.25) is 14.5 Å². The summed E-state index contributed by atoms with van der Waals surface area (Å²) in [4.78, 5) is 31.1. The van der Waals surface area contributed by atoms with Crippen LogP contribution in [0.3, 0.4) is 0 Å². The molecule has 2 aromatic rings. The Morgan fingerprint density at radius 1 is 0.926 bits per heavy atom. The van der Waals surface area contributed by atoms with Crippen molar-refractivity contribution in [3.8, 4) is 5.75 Å². The fourth-order valence-corrected chi connectivity index (χ4v) is 3.89. The number of amides is 2. The van der Waals surface area contributed by atoms with Gasteiger partial charge in [-0.25, -0.2) is 4.90 Å². The van der Waals surface area contributed by atoms with Crippen molar-refractivity contribution in [2.45, 2.75) is 19.4 Å². The smallest absolute Gasteiger partial charge is 0.251 e. The van der Waals surface area contributed by atoms with Crippen molar-refractivity contribution in [2.75, 3.05) is 36.0 Å². The van der Waals surface area contributed by atoms with Gasteiger partial charge in [0.05, 0.1) is 18.2 Å². The van der Waals surface area contributed by atoms with E-state index in [4.69, 9.17) is 0 Å². The van der Waals surface area contributed by atoms with Gasteiger partial charge in [-0.1, -0.05) is 12.1 Å². The van der Waals surface area contributed by atoms with E-state index in [1.165, 1.54) is 4.90 Å². The predicted molar refractivity (Wildman–Crippen MR) is 104 cm³/mol. The Labute approximate surface area is 158 Å². The SMILES string of the molecule is Cc1cccc(N2C(=O)C[C@H](N3CCN(c4ccc(O)cc4)CC3)C2=O)c1. The van der Waals surface area contributed by atoms with Gasteiger partial charge in [-0.2, -0.15) is 0 Å². The molecule has 1 atom stereocenters. The minimum atomic E-state index is -0.375. The highest BCUT2D eigenvalue weighted by Gasteiger charge is 2.43. The van der Waals surface area contributed by atoms with Crippen LogP contribution >= 0.6 is 0 Å². The van der Waals surface area contributed by atoms with Crippen LogP contribution in [0.15, 0.2) is 48.5 Å². The molecule has 4 rings (SSSR count). The van der Waals surface area contributed by atoms with E-state index < -0.39 is 0 Å². The first-order chi connectivity index (χ1) is 13.0. The summed E-state index contributed by atoms with van der Waals surface area (Å²) in [7, 11) is 0. The third kappa shape index (κ3) is 3.40. The molecule has 0 saturated carbocycles. The fraction of sp³-hybridized carbons (Fsp3) is 0.333. The molecule has 0 aliphatic carbocycles. The monoisotopic (exact) mass is 365 g/mol. The molecule has 0 unspecified atom stereocenters. The molecular formula is C21H23N3O3. The number of hydrogen-bond donors (Lipinski definition) is 1. The van der Waals surface area contributed by atoms with Crippen molar-refractivity contribution >= 4 is 23.2 Å². The summed E-state index contributed by atoms with van der Waals surface area (Å²) >= 11 is 0. The van der Waals surface area contributed by atoms with E-state index in [1.54, 1.807) is 12.1 Å². The van der Waals surface area contributed by atoms with Crippen LogP contribution in [-0.4, -0.2) is 54.0 Å². The number of aromatic hydroxyl groups is 1. The Kier molecular flexibility index (Phi) is 4.58. The number of rotatable bonds is 3. The summed E-state index contributed by atoms with van der Waals surface area (Å²) in [5.74, 6) is 0.00365. The maximum atomic E-state index is 12.9. The van der Waals surface area contributed by atoms with Crippen LogP contribution in [0.4, 0.5) is 11.4 Å². The Balaban J connectivity index is 1.44. The number of nitrogens with zero attached hydrogens (tertiary/aromatic N) is 3. The van der Waals surface area contributed by atoms with Gasteiger partial charge in [0, 0.05) is 31.9 Å². The van der Waals surface area contributed by atoms with E-state index in [2.05, 4.69) is 9.80 Å². The molecule has 2 aliphatic rings. The van der Waals surface area contributed by atoms with E-state index in [1.807, 2.05) is 43.3 Å². The highest BCUT2D eigenvalue weighted by Crippen LogP contribution is 2.28. The fourth-order valence-electron chi connectivity index (χ4n) is 3.89. The van der Waals surface area contributed by atoms with Crippen LogP contribution in [0.2, 0.25) is 0 Å². The second-order valence-electron chi connectivity index (χ2n) is 7.17. The minimum Gasteiger partial charge on any atom is -0.508 e. The Hall–Kier alpha value is -2.86. The Morgan fingerprint density at radius 3 is 2.30 bits per heavy atom. The first-order valence-electron chi connectivity index (χ1n) is 9.24. The summed E-state index contributed by atoms with van der Waals surface area (Å²) in [6, 6.07) is 14.3. The molecular weight excluding hydrogens is 342 g/mol. The average molecular weight is 365 g/mol. The normalized spacial score (nSPS) is 21.1. The lowest BCUT2D eigenvalue weighted by Crippen LogP contribution is -2.52. The standard InChI is InChI=1S/C21H23N3O3/c1-15-3-2-4-17(13-15)24-20(26)14-19(21(24)27)23-11-9-22(10-12-23)16-5-7-18(25)8-6-16/h2-8,13,19,25H,9-12,14H2,1H3/t19-/m0/s1. The summed E-state index contributed by atoms with van der Waals surface area (Å²) in [5, 5.41) is 9.43. The molecule has 2 heterocycles. The second-order valence-corrected chi connectivity index (χ2v) is 7.17. The van der Waals surface area contributed by atoms with Crippen LogP contribution in [0.5, 0.6) is 5.75 Å². The average Bonchev–Trinajstić information content (AvgIpc) is 2.97. The van der Waals surface area contributed by atoms with Crippen molar-refractivity contribution < 1.29 is 14.7 Å². The highest BCUT2D eigenvalue weighted by atomic mass is 16.3. The summed E-state index contributed by atoms with van der Waals surface area (Å²) in [6.07, 6.45) is 0.242. The zero-order valence-corrected chi connectivity index (χ0v) is 15.3. The van der Waals surface area contributed by atoms with Gasteiger partial charge in [0.15, 0.2) is 0 Å². The molecule has 2 saturated heterocycles. The van der Waals surface area contributed by atoms with Gasteiger partial charge in [0.25, 0.3) is 5.91 Å². The number of carbonyl (C=O) groups excluding carboxylic acids is 2. The molecule has 1 N–H and O–H groups in total. The van der Waals surface area contributed by atoms with Gasteiger partial charge >= 0.3 is 0 Å². The molecule has 0 bridgehead atoms. The maximum absolute atomic E-state index is 12.9. The lowest BCUT2D eigenvalue weighted by Gasteiger charge is -2.38. The number of benzene rings is 2. The van der Waals surface area contributed by atoms with Crippen molar-refractivity contribution in [2.24, 2.45) is 0 Å².